The first-order chi connectivity index (χ1) is 11.2. The van der Waals surface area contributed by atoms with E-state index in [0.717, 1.165) is 5.56 Å². The highest BCUT2D eigenvalue weighted by Gasteiger charge is 2.24. The Morgan fingerprint density at radius 1 is 1.17 bits per heavy atom. The molecule has 0 saturated heterocycles. The number of hydrogen-bond acceptors (Lipinski definition) is 4. The first kappa shape index (κ1) is 15.2. The molecule has 1 N–H and O–H groups in total. The Hall–Kier alpha value is -2.69. The van der Waals surface area contributed by atoms with E-state index in [2.05, 4.69) is 0 Å². The van der Waals surface area contributed by atoms with Crippen molar-refractivity contribution in [2.24, 2.45) is 0 Å². The normalized spacial score (nSPS) is 14.1. The molecule has 0 bridgehead atoms. The van der Waals surface area contributed by atoms with Crippen LogP contribution in [0.4, 0.5) is 0 Å². The Labute approximate surface area is 134 Å². The van der Waals surface area contributed by atoms with Crippen LogP contribution >= 0.6 is 0 Å². The quantitative estimate of drug-likeness (QED) is 0.919. The Morgan fingerprint density at radius 2 is 1.91 bits per heavy atom. The third kappa shape index (κ3) is 3.23. The van der Waals surface area contributed by atoms with Crippen molar-refractivity contribution in [1.29, 1.82) is 0 Å². The second-order valence-corrected chi connectivity index (χ2v) is 5.31. The summed E-state index contributed by atoms with van der Waals surface area (Å²) in [7, 11) is 1.58. The van der Waals surface area contributed by atoms with Crippen molar-refractivity contribution in [2.75, 3.05) is 20.3 Å². The van der Waals surface area contributed by atoms with Crippen LogP contribution in [0, 0.1) is 0 Å². The van der Waals surface area contributed by atoms with E-state index in [4.69, 9.17) is 14.2 Å². The molecule has 0 amide bonds. The standard InChI is InChI=1S/C18H18O5/c1-21-15-5-3-2-4-13(15)10-14(18(19)20)12-6-7-16-17(11-12)23-9-8-22-16/h2-7,11,14H,8-10H2,1H3,(H,19,20). The largest absolute Gasteiger partial charge is 0.496 e. The van der Waals surface area contributed by atoms with E-state index in [1.807, 2.05) is 24.3 Å². The van der Waals surface area contributed by atoms with Gasteiger partial charge in [0.1, 0.15) is 19.0 Å². The van der Waals surface area contributed by atoms with Crippen molar-refractivity contribution in [3.63, 3.8) is 0 Å². The number of fused-ring (bicyclic) bond motifs is 1. The lowest BCUT2D eigenvalue weighted by Crippen LogP contribution is -2.18. The summed E-state index contributed by atoms with van der Waals surface area (Å²) in [5, 5.41) is 9.64. The smallest absolute Gasteiger partial charge is 0.311 e. The van der Waals surface area contributed by atoms with Crippen molar-refractivity contribution in [1.82, 2.24) is 0 Å². The minimum Gasteiger partial charge on any atom is -0.496 e. The van der Waals surface area contributed by atoms with E-state index < -0.39 is 11.9 Å². The molecule has 0 radical (unpaired) electrons. The summed E-state index contributed by atoms with van der Waals surface area (Å²) in [6.45, 7) is 0.983. The maximum Gasteiger partial charge on any atom is 0.311 e. The molecule has 120 valence electrons. The number of carboxylic acids is 1. The third-order valence-corrected chi connectivity index (χ3v) is 3.88. The van der Waals surface area contributed by atoms with Crippen LogP contribution in [0.3, 0.4) is 0 Å². The zero-order valence-corrected chi connectivity index (χ0v) is 12.8. The van der Waals surface area contributed by atoms with Crippen LogP contribution in [0.25, 0.3) is 0 Å². The lowest BCUT2D eigenvalue weighted by molar-refractivity contribution is -0.138. The summed E-state index contributed by atoms with van der Waals surface area (Å²) >= 11 is 0. The van der Waals surface area contributed by atoms with Gasteiger partial charge in [-0.15, -0.1) is 0 Å². The van der Waals surface area contributed by atoms with Gasteiger partial charge in [-0.1, -0.05) is 24.3 Å². The van der Waals surface area contributed by atoms with Crippen LogP contribution < -0.4 is 14.2 Å². The Balaban J connectivity index is 1.91. The van der Waals surface area contributed by atoms with Gasteiger partial charge in [0, 0.05) is 0 Å². The molecule has 2 aromatic carbocycles. The predicted molar refractivity (Wildman–Crippen MR) is 84.5 cm³/mol. The van der Waals surface area contributed by atoms with Crippen molar-refractivity contribution in [3.8, 4) is 17.2 Å². The number of benzene rings is 2. The Kier molecular flexibility index (Phi) is 4.37. The molecule has 5 heteroatoms. The molecule has 3 rings (SSSR count). The fourth-order valence-corrected chi connectivity index (χ4v) is 2.72. The molecule has 0 aromatic heterocycles. The van der Waals surface area contributed by atoms with E-state index in [1.54, 1.807) is 25.3 Å². The minimum atomic E-state index is -0.882. The first-order valence-corrected chi connectivity index (χ1v) is 7.43. The van der Waals surface area contributed by atoms with E-state index in [-0.39, 0.29) is 0 Å². The van der Waals surface area contributed by atoms with Crippen LogP contribution in [0.2, 0.25) is 0 Å². The van der Waals surface area contributed by atoms with Gasteiger partial charge in [0.15, 0.2) is 11.5 Å². The number of hydrogen-bond donors (Lipinski definition) is 1. The number of rotatable bonds is 5. The summed E-state index contributed by atoms with van der Waals surface area (Å²) in [6.07, 6.45) is 0.346. The van der Waals surface area contributed by atoms with Crippen molar-refractivity contribution in [2.45, 2.75) is 12.3 Å². The zero-order valence-electron chi connectivity index (χ0n) is 12.8. The summed E-state index contributed by atoms with van der Waals surface area (Å²) < 4.78 is 16.3. The second kappa shape index (κ2) is 6.60. The van der Waals surface area contributed by atoms with Crippen molar-refractivity contribution in [3.05, 3.63) is 53.6 Å². The molecule has 1 aliphatic rings. The zero-order chi connectivity index (χ0) is 16.2. The maximum absolute atomic E-state index is 11.8. The second-order valence-electron chi connectivity index (χ2n) is 5.31. The Bertz CT molecular complexity index is 710. The van der Waals surface area contributed by atoms with Gasteiger partial charge in [-0.25, -0.2) is 0 Å². The van der Waals surface area contributed by atoms with E-state index in [1.165, 1.54) is 0 Å². The average Bonchev–Trinajstić information content (AvgIpc) is 2.59. The summed E-state index contributed by atoms with van der Waals surface area (Å²) in [4.78, 5) is 11.8. The summed E-state index contributed by atoms with van der Waals surface area (Å²) in [6, 6.07) is 12.8. The molecule has 1 aliphatic heterocycles. The lowest BCUT2D eigenvalue weighted by atomic mass is 9.91. The third-order valence-electron chi connectivity index (χ3n) is 3.88. The highest BCUT2D eigenvalue weighted by molar-refractivity contribution is 5.77. The van der Waals surface area contributed by atoms with Crippen LogP contribution in [0.15, 0.2) is 42.5 Å². The first-order valence-electron chi connectivity index (χ1n) is 7.43. The molecule has 1 unspecified atom stereocenters. The SMILES string of the molecule is COc1ccccc1CC(C(=O)O)c1ccc2c(c1)OCCO2. The topological polar surface area (TPSA) is 65.0 Å². The fourth-order valence-electron chi connectivity index (χ4n) is 2.72. The Morgan fingerprint density at radius 3 is 2.65 bits per heavy atom. The van der Waals surface area contributed by atoms with Gasteiger partial charge in [-0.2, -0.15) is 0 Å². The maximum atomic E-state index is 11.8. The number of ether oxygens (including phenoxy) is 3. The number of carboxylic acid groups (broad SMARTS) is 1. The number of carbonyl (C=O) groups is 1. The molecule has 0 fully saturated rings. The molecule has 0 spiro atoms. The van der Waals surface area contributed by atoms with Crippen LogP contribution in [-0.2, 0) is 11.2 Å². The van der Waals surface area contributed by atoms with Crippen molar-refractivity contribution >= 4 is 5.97 Å². The molecule has 5 nitrogen and oxygen atoms in total. The predicted octanol–water partition coefficient (Wildman–Crippen LogP) is 2.88. The molecule has 23 heavy (non-hydrogen) atoms. The van der Waals surface area contributed by atoms with Crippen molar-refractivity contribution < 1.29 is 24.1 Å². The summed E-state index contributed by atoms with van der Waals surface area (Å²) in [5.41, 5.74) is 1.55. The van der Waals surface area contributed by atoms with E-state index in [0.29, 0.717) is 42.4 Å². The van der Waals surface area contributed by atoms with E-state index in [9.17, 15) is 9.90 Å². The molecule has 0 saturated carbocycles. The fraction of sp³-hybridized carbons (Fsp3) is 0.278. The van der Waals surface area contributed by atoms with Gasteiger partial charge >= 0.3 is 5.97 Å². The van der Waals surface area contributed by atoms with Crippen LogP contribution in [0.1, 0.15) is 17.0 Å². The summed E-state index contributed by atoms with van der Waals surface area (Å²) in [5.74, 6) is 0.382. The molecule has 0 aliphatic carbocycles. The molecular formula is C18H18O5. The van der Waals surface area contributed by atoms with Gasteiger partial charge < -0.3 is 19.3 Å². The molecule has 2 aromatic rings. The molecular weight excluding hydrogens is 296 g/mol. The molecule has 1 atom stereocenters. The molecule has 1 heterocycles. The van der Waals surface area contributed by atoms with E-state index >= 15 is 0 Å². The number of para-hydroxylation sites is 1. The highest BCUT2D eigenvalue weighted by Crippen LogP contribution is 2.35. The number of methoxy groups -OCH3 is 1. The van der Waals surface area contributed by atoms with Gasteiger partial charge in [0.2, 0.25) is 0 Å². The van der Waals surface area contributed by atoms with Gasteiger partial charge in [-0.05, 0) is 35.7 Å². The van der Waals surface area contributed by atoms with Gasteiger partial charge in [-0.3, -0.25) is 4.79 Å². The van der Waals surface area contributed by atoms with Gasteiger partial charge in [0.05, 0.1) is 13.0 Å². The monoisotopic (exact) mass is 314 g/mol. The lowest BCUT2D eigenvalue weighted by Gasteiger charge is -2.21. The highest BCUT2D eigenvalue weighted by atomic mass is 16.6. The van der Waals surface area contributed by atoms with Crippen LogP contribution in [-0.4, -0.2) is 31.4 Å². The van der Waals surface area contributed by atoms with Gasteiger partial charge in [0.25, 0.3) is 0 Å². The minimum absolute atomic E-state index is 0.346. The average molecular weight is 314 g/mol. The number of aliphatic carboxylic acids is 1. The van der Waals surface area contributed by atoms with Crippen LogP contribution in [0.5, 0.6) is 17.2 Å².